The number of methoxy groups -OCH3 is 2. The lowest BCUT2D eigenvalue weighted by Gasteiger charge is -2.12. The van der Waals surface area contributed by atoms with Crippen LogP contribution >= 0.6 is 0 Å². The molecule has 0 saturated heterocycles. The molecule has 2 aromatic carbocycles. The van der Waals surface area contributed by atoms with Gasteiger partial charge in [-0.2, -0.15) is 0 Å². The summed E-state index contributed by atoms with van der Waals surface area (Å²) in [6.07, 6.45) is 1.08. The van der Waals surface area contributed by atoms with Gasteiger partial charge < -0.3 is 24.3 Å². The molecule has 2 aromatic rings. The molecule has 0 aromatic heterocycles. The van der Waals surface area contributed by atoms with E-state index in [1.54, 1.807) is 32.4 Å². The zero-order valence-corrected chi connectivity index (χ0v) is 14.3. The second-order valence-corrected chi connectivity index (χ2v) is 5.62. The molecule has 3 rings (SSSR count). The number of rotatable bonds is 5. The molecule has 0 atom stereocenters. The Bertz CT molecular complexity index is 759. The Morgan fingerprint density at radius 3 is 2.60 bits per heavy atom. The summed E-state index contributed by atoms with van der Waals surface area (Å²) < 4.78 is 21.7. The molecule has 1 aliphatic rings. The van der Waals surface area contributed by atoms with Crippen LogP contribution in [0.3, 0.4) is 0 Å². The maximum absolute atomic E-state index is 12.4. The molecule has 25 heavy (non-hydrogen) atoms. The van der Waals surface area contributed by atoms with E-state index in [0.717, 1.165) is 17.7 Å². The van der Waals surface area contributed by atoms with Crippen LogP contribution in [-0.2, 0) is 11.2 Å². The average Bonchev–Trinajstić information content (AvgIpc) is 2.87. The minimum Gasteiger partial charge on any atom is -0.497 e. The van der Waals surface area contributed by atoms with Crippen molar-refractivity contribution in [2.75, 3.05) is 32.8 Å². The largest absolute Gasteiger partial charge is 0.497 e. The first kappa shape index (κ1) is 17.0. The molecule has 1 heterocycles. The predicted molar refractivity (Wildman–Crippen MR) is 93.9 cm³/mol. The van der Waals surface area contributed by atoms with Gasteiger partial charge in [0.25, 0.3) is 0 Å². The Balaban J connectivity index is 1.70. The van der Waals surface area contributed by atoms with Crippen molar-refractivity contribution in [1.82, 2.24) is 0 Å². The monoisotopic (exact) mass is 343 g/mol. The summed E-state index contributed by atoms with van der Waals surface area (Å²) in [5.41, 5.74) is 1.46. The highest BCUT2D eigenvalue weighted by Gasteiger charge is 2.14. The normalized spacial score (nSPS) is 12.9. The molecular formula is C19H21NO5. The smallest absolute Gasteiger partial charge is 0.228 e. The Morgan fingerprint density at radius 2 is 1.84 bits per heavy atom. The third-order valence-electron chi connectivity index (χ3n) is 3.86. The van der Waals surface area contributed by atoms with Crippen molar-refractivity contribution in [1.29, 1.82) is 0 Å². The first-order valence-corrected chi connectivity index (χ1v) is 8.10. The highest BCUT2D eigenvalue weighted by Crippen LogP contribution is 2.31. The highest BCUT2D eigenvalue weighted by atomic mass is 16.5. The number of nitrogens with one attached hydrogen (secondary N) is 1. The maximum Gasteiger partial charge on any atom is 0.228 e. The molecule has 6 nitrogen and oxygen atoms in total. The Hall–Kier alpha value is -2.89. The third-order valence-corrected chi connectivity index (χ3v) is 3.86. The van der Waals surface area contributed by atoms with Crippen molar-refractivity contribution in [2.45, 2.75) is 12.8 Å². The predicted octanol–water partition coefficient (Wildman–Crippen LogP) is 3.05. The topological polar surface area (TPSA) is 66.0 Å². The molecular weight excluding hydrogens is 322 g/mol. The average molecular weight is 343 g/mol. The van der Waals surface area contributed by atoms with Crippen molar-refractivity contribution < 1.29 is 23.7 Å². The number of ether oxygens (including phenoxy) is 4. The fourth-order valence-electron chi connectivity index (χ4n) is 2.60. The lowest BCUT2D eigenvalue weighted by atomic mass is 10.1. The highest BCUT2D eigenvalue weighted by molar-refractivity contribution is 5.93. The molecule has 0 fully saturated rings. The van der Waals surface area contributed by atoms with Crippen LogP contribution in [0.25, 0.3) is 0 Å². The van der Waals surface area contributed by atoms with Crippen molar-refractivity contribution in [3.63, 3.8) is 0 Å². The molecule has 0 saturated carbocycles. The molecule has 0 bridgehead atoms. The van der Waals surface area contributed by atoms with Gasteiger partial charge in [-0.05, 0) is 29.8 Å². The number of amides is 1. The number of benzene rings is 2. The van der Waals surface area contributed by atoms with Crippen LogP contribution in [0.5, 0.6) is 23.0 Å². The molecule has 0 aliphatic carbocycles. The fourth-order valence-corrected chi connectivity index (χ4v) is 2.60. The number of hydrogen-bond donors (Lipinski definition) is 1. The van der Waals surface area contributed by atoms with E-state index < -0.39 is 0 Å². The van der Waals surface area contributed by atoms with Gasteiger partial charge in [-0.15, -0.1) is 0 Å². The maximum atomic E-state index is 12.4. The van der Waals surface area contributed by atoms with Crippen LogP contribution in [0.2, 0.25) is 0 Å². The van der Waals surface area contributed by atoms with Gasteiger partial charge in [-0.3, -0.25) is 4.79 Å². The summed E-state index contributed by atoms with van der Waals surface area (Å²) >= 11 is 0. The van der Waals surface area contributed by atoms with Gasteiger partial charge in [-0.1, -0.05) is 6.07 Å². The van der Waals surface area contributed by atoms with E-state index in [1.165, 1.54) is 0 Å². The second kappa shape index (κ2) is 7.79. The summed E-state index contributed by atoms with van der Waals surface area (Å²) in [5, 5.41) is 2.86. The summed E-state index contributed by atoms with van der Waals surface area (Å²) in [4.78, 5) is 12.4. The molecule has 1 aliphatic heterocycles. The van der Waals surface area contributed by atoms with Gasteiger partial charge in [0.05, 0.1) is 39.5 Å². The van der Waals surface area contributed by atoms with Crippen LogP contribution in [0.4, 0.5) is 5.69 Å². The van der Waals surface area contributed by atoms with Crippen molar-refractivity contribution in [3.8, 4) is 23.0 Å². The number of fused-ring (bicyclic) bond motifs is 1. The summed E-state index contributed by atoms with van der Waals surface area (Å²) in [5.74, 6) is 2.48. The molecule has 1 N–H and O–H groups in total. The summed E-state index contributed by atoms with van der Waals surface area (Å²) in [6, 6.07) is 10.8. The van der Waals surface area contributed by atoms with Crippen LogP contribution in [-0.4, -0.2) is 33.3 Å². The molecule has 132 valence electrons. The fraction of sp³-hybridized carbons (Fsp3) is 0.316. The van der Waals surface area contributed by atoms with E-state index in [1.807, 2.05) is 18.2 Å². The minimum absolute atomic E-state index is 0.141. The van der Waals surface area contributed by atoms with Crippen molar-refractivity contribution in [3.05, 3.63) is 42.0 Å². The Morgan fingerprint density at radius 1 is 1.04 bits per heavy atom. The zero-order valence-electron chi connectivity index (χ0n) is 14.3. The molecule has 0 radical (unpaired) electrons. The Labute approximate surface area is 146 Å². The van der Waals surface area contributed by atoms with E-state index in [-0.39, 0.29) is 12.3 Å². The zero-order chi connectivity index (χ0) is 17.6. The van der Waals surface area contributed by atoms with Crippen LogP contribution in [0.1, 0.15) is 12.0 Å². The molecule has 0 unspecified atom stereocenters. The number of carbonyl (C=O) groups is 1. The first-order chi connectivity index (χ1) is 12.2. The number of hydrogen-bond acceptors (Lipinski definition) is 5. The van der Waals surface area contributed by atoms with Gasteiger partial charge >= 0.3 is 0 Å². The Kier molecular flexibility index (Phi) is 5.28. The van der Waals surface area contributed by atoms with E-state index in [2.05, 4.69) is 5.32 Å². The van der Waals surface area contributed by atoms with E-state index >= 15 is 0 Å². The van der Waals surface area contributed by atoms with Gasteiger partial charge in [0.2, 0.25) is 5.91 Å². The van der Waals surface area contributed by atoms with Crippen LogP contribution in [0.15, 0.2) is 36.4 Å². The van der Waals surface area contributed by atoms with Crippen LogP contribution < -0.4 is 24.3 Å². The molecule has 0 spiro atoms. The summed E-state index contributed by atoms with van der Waals surface area (Å²) in [7, 11) is 3.13. The van der Waals surface area contributed by atoms with E-state index in [0.29, 0.717) is 36.1 Å². The number of anilines is 1. The lowest BCUT2D eigenvalue weighted by molar-refractivity contribution is -0.115. The summed E-state index contributed by atoms with van der Waals surface area (Å²) in [6.45, 7) is 1.26. The van der Waals surface area contributed by atoms with Gasteiger partial charge in [0.1, 0.15) is 11.5 Å². The van der Waals surface area contributed by atoms with Gasteiger partial charge in [0.15, 0.2) is 11.5 Å². The van der Waals surface area contributed by atoms with E-state index in [9.17, 15) is 4.79 Å². The quantitative estimate of drug-likeness (QED) is 0.904. The standard InChI is InChI=1S/C19H21NO5/c1-22-14-5-6-15(17(12-14)23-2)20-19(21)11-13-4-7-16-18(10-13)25-9-3-8-24-16/h4-7,10,12H,3,8-9,11H2,1-2H3,(H,20,21). The minimum atomic E-state index is -0.141. The molecule has 1 amide bonds. The van der Waals surface area contributed by atoms with Gasteiger partial charge in [-0.25, -0.2) is 0 Å². The number of carbonyl (C=O) groups excluding carboxylic acids is 1. The molecule has 6 heteroatoms. The van der Waals surface area contributed by atoms with Crippen molar-refractivity contribution >= 4 is 11.6 Å². The van der Waals surface area contributed by atoms with Gasteiger partial charge in [0, 0.05) is 12.5 Å². The third kappa shape index (κ3) is 4.15. The van der Waals surface area contributed by atoms with Crippen molar-refractivity contribution in [2.24, 2.45) is 0 Å². The SMILES string of the molecule is COc1ccc(NC(=O)Cc2ccc3c(c2)OCCCO3)c(OC)c1. The first-order valence-electron chi connectivity index (χ1n) is 8.10. The lowest BCUT2D eigenvalue weighted by Crippen LogP contribution is -2.15. The van der Waals surface area contributed by atoms with E-state index in [4.69, 9.17) is 18.9 Å². The second-order valence-electron chi connectivity index (χ2n) is 5.62. The van der Waals surface area contributed by atoms with Crippen LogP contribution in [0, 0.1) is 0 Å².